The summed E-state index contributed by atoms with van der Waals surface area (Å²) in [6.07, 6.45) is 2.97. The Kier molecular flexibility index (Phi) is 8.00. The van der Waals surface area contributed by atoms with Gasteiger partial charge >= 0.3 is 0 Å². The zero-order chi connectivity index (χ0) is 26.8. The van der Waals surface area contributed by atoms with E-state index in [0.717, 1.165) is 0 Å². The number of amides is 1. The van der Waals surface area contributed by atoms with Crippen molar-refractivity contribution >= 4 is 15.9 Å². The molecule has 0 aliphatic carbocycles. The molecule has 0 atom stereocenters. The van der Waals surface area contributed by atoms with Gasteiger partial charge in [-0.2, -0.15) is 0 Å². The van der Waals surface area contributed by atoms with E-state index in [1.54, 1.807) is 44.4 Å². The highest BCUT2D eigenvalue weighted by Gasteiger charge is 2.25. The van der Waals surface area contributed by atoms with Crippen molar-refractivity contribution in [2.45, 2.75) is 70.3 Å². The molecule has 0 unspecified atom stereocenters. The molecule has 3 rings (SSSR count). The Morgan fingerprint density at radius 2 is 1.53 bits per heavy atom. The van der Waals surface area contributed by atoms with Crippen molar-refractivity contribution in [3.05, 3.63) is 82.9 Å². The molecule has 0 bridgehead atoms. The van der Waals surface area contributed by atoms with E-state index in [9.17, 15) is 22.7 Å². The third kappa shape index (κ3) is 6.36. The van der Waals surface area contributed by atoms with Crippen molar-refractivity contribution < 1.29 is 22.7 Å². The second kappa shape index (κ2) is 10.5. The number of carbonyl (C=O) groups excluding carboxylic acids is 1. The molecule has 0 saturated carbocycles. The topological polar surface area (TPSA) is 96.4 Å². The van der Waals surface area contributed by atoms with Crippen LogP contribution in [0.4, 0.5) is 4.39 Å². The number of carbonyl (C=O) groups is 1. The van der Waals surface area contributed by atoms with E-state index in [-0.39, 0.29) is 29.0 Å². The number of aromatic nitrogens is 1. The van der Waals surface area contributed by atoms with E-state index in [0.29, 0.717) is 33.4 Å². The smallest absolute Gasteiger partial charge is 0.264 e. The van der Waals surface area contributed by atoms with Gasteiger partial charge in [-0.25, -0.2) is 17.5 Å². The molecule has 0 radical (unpaired) electrons. The van der Waals surface area contributed by atoms with Gasteiger partial charge in [0, 0.05) is 12.4 Å². The van der Waals surface area contributed by atoms with Crippen molar-refractivity contribution in [2.75, 3.05) is 0 Å². The second-order valence-electron chi connectivity index (χ2n) is 10.1. The number of aliphatic hydroxyl groups is 1. The molecule has 2 aromatic carbocycles. The van der Waals surface area contributed by atoms with Crippen LogP contribution in [0, 0.1) is 5.82 Å². The summed E-state index contributed by atoms with van der Waals surface area (Å²) < 4.78 is 43.0. The summed E-state index contributed by atoms with van der Waals surface area (Å²) in [4.78, 5) is 16.9. The van der Waals surface area contributed by atoms with Gasteiger partial charge in [0.2, 0.25) is 5.91 Å². The molecule has 0 fully saturated rings. The molecular weight excluding hydrogens is 479 g/mol. The van der Waals surface area contributed by atoms with Crippen LogP contribution < -0.4 is 4.72 Å². The van der Waals surface area contributed by atoms with E-state index in [1.807, 2.05) is 27.7 Å². The zero-order valence-electron chi connectivity index (χ0n) is 21.5. The third-order valence-corrected chi connectivity index (χ3v) is 7.40. The highest BCUT2D eigenvalue weighted by Crippen LogP contribution is 2.31. The predicted molar refractivity (Wildman–Crippen MR) is 139 cm³/mol. The monoisotopic (exact) mass is 512 g/mol. The van der Waals surface area contributed by atoms with Crippen molar-refractivity contribution in [2.24, 2.45) is 0 Å². The number of hydrogen-bond acceptors (Lipinski definition) is 5. The number of nitrogens with one attached hydrogen (secondary N) is 1. The number of hydrogen-bond donors (Lipinski definition) is 2. The molecule has 1 heterocycles. The molecule has 0 aliphatic heterocycles. The SMILES string of the molecule is CC(C)c1cc(F)cc(C(C)C)c1CC(=O)NS(=O)(=O)c1cc(-c2ccncc2)cc(C(C)(C)O)c1. The van der Waals surface area contributed by atoms with E-state index >= 15 is 0 Å². The lowest BCUT2D eigenvalue weighted by Crippen LogP contribution is -2.32. The summed E-state index contributed by atoms with van der Waals surface area (Å²) in [5, 5.41) is 10.6. The normalized spacial score (nSPS) is 12.3. The summed E-state index contributed by atoms with van der Waals surface area (Å²) in [6, 6.07) is 10.8. The van der Waals surface area contributed by atoms with E-state index < -0.39 is 21.5 Å². The van der Waals surface area contributed by atoms with Crippen LogP contribution in [-0.4, -0.2) is 24.4 Å². The maximum Gasteiger partial charge on any atom is 0.264 e. The highest BCUT2D eigenvalue weighted by atomic mass is 32.2. The average molecular weight is 513 g/mol. The Bertz CT molecular complexity index is 1330. The Hall–Kier alpha value is -3.10. The average Bonchev–Trinajstić information content (AvgIpc) is 2.79. The number of halogens is 1. The second-order valence-corrected chi connectivity index (χ2v) is 11.8. The van der Waals surface area contributed by atoms with Crippen LogP contribution in [0.5, 0.6) is 0 Å². The fraction of sp³-hybridized carbons (Fsp3) is 0.357. The maximum absolute atomic E-state index is 14.2. The van der Waals surface area contributed by atoms with Gasteiger partial charge in [0.25, 0.3) is 10.0 Å². The van der Waals surface area contributed by atoms with E-state index in [4.69, 9.17) is 0 Å². The number of pyridine rings is 1. The first-order valence-electron chi connectivity index (χ1n) is 11.8. The Morgan fingerprint density at radius 3 is 2.03 bits per heavy atom. The summed E-state index contributed by atoms with van der Waals surface area (Å²) in [7, 11) is -4.27. The van der Waals surface area contributed by atoms with E-state index in [1.165, 1.54) is 24.3 Å². The standard InChI is InChI=1S/C28H33FN2O4S/c1-17(2)24-14-22(29)15-25(18(3)4)26(24)16-27(32)31-36(34,35)23-12-20(19-7-9-30-10-8-19)11-21(13-23)28(5,6)33/h7-15,17-18,33H,16H2,1-6H3,(H,31,32). The molecule has 3 aromatic rings. The number of rotatable bonds is 8. The molecule has 36 heavy (non-hydrogen) atoms. The Labute approximate surface area is 212 Å². The maximum atomic E-state index is 14.2. The van der Waals surface area contributed by atoms with Crippen LogP contribution >= 0.6 is 0 Å². The van der Waals surface area contributed by atoms with Crippen molar-refractivity contribution in [3.63, 3.8) is 0 Å². The van der Waals surface area contributed by atoms with Gasteiger partial charge in [-0.3, -0.25) is 9.78 Å². The van der Waals surface area contributed by atoms with Crippen LogP contribution in [0.2, 0.25) is 0 Å². The first kappa shape index (κ1) is 27.5. The van der Waals surface area contributed by atoms with Crippen molar-refractivity contribution in [1.29, 1.82) is 0 Å². The molecule has 1 amide bonds. The first-order chi connectivity index (χ1) is 16.7. The Morgan fingerprint density at radius 1 is 0.972 bits per heavy atom. The molecule has 0 spiro atoms. The third-order valence-electron chi connectivity index (χ3n) is 6.05. The number of sulfonamides is 1. The largest absolute Gasteiger partial charge is 0.386 e. The molecule has 0 aliphatic rings. The Balaban J connectivity index is 2.00. The van der Waals surface area contributed by atoms with Gasteiger partial charge in [-0.1, -0.05) is 27.7 Å². The summed E-state index contributed by atoms with van der Waals surface area (Å²) >= 11 is 0. The minimum absolute atomic E-state index is 0.0519. The lowest BCUT2D eigenvalue weighted by atomic mass is 9.87. The molecule has 2 N–H and O–H groups in total. The first-order valence-corrected chi connectivity index (χ1v) is 13.3. The fourth-order valence-corrected chi connectivity index (χ4v) is 5.19. The highest BCUT2D eigenvalue weighted by molar-refractivity contribution is 7.90. The fourth-order valence-electron chi connectivity index (χ4n) is 4.14. The number of nitrogens with zero attached hydrogens (tertiary/aromatic N) is 1. The van der Waals surface area contributed by atoms with Crippen molar-refractivity contribution in [1.82, 2.24) is 9.71 Å². The van der Waals surface area contributed by atoms with Crippen LogP contribution in [0.3, 0.4) is 0 Å². The van der Waals surface area contributed by atoms with Gasteiger partial charge in [0.05, 0.1) is 16.9 Å². The molecule has 8 heteroatoms. The lowest BCUT2D eigenvalue weighted by Gasteiger charge is -2.21. The number of benzene rings is 2. The van der Waals surface area contributed by atoms with Crippen molar-refractivity contribution in [3.8, 4) is 11.1 Å². The summed E-state index contributed by atoms with van der Waals surface area (Å²) in [5.41, 5.74) is 2.33. The summed E-state index contributed by atoms with van der Waals surface area (Å²) in [5.74, 6) is -1.20. The van der Waals surface area contributed by atoms with Gasteiger partial charge in [-0.15, -0.1) is 0 Å². The molecule has 0 saturated heterocycles. The van der Waals surface area contributed by atoms with E-state index in [2.05, 4.69) is 9.71 Å². The molecule has 192 valence electrons. The van der Waals surface area contributed by atoms with Crippen LogP contribution in [0.1, 0.15) is 75.6 Å². The van der Waals surface area contributed by atoms with Gasteiger partial charge in [0.15, 0.2) is 0 Å². The van der Waals surface area contributed by atoms with Crippen LogP contribution in [0.15, 0.2) is 59.8 Å². The zero-order valence-corrected chi connectivity index (χ0v) is 22.3. The molecular formula is C28H33FN2O4S. The molecule has 1 aromatic heterocycles. The van der Waals surface area contributed by atoms with Gasteiger partial charge in [-0.05, 0) is 102 Å². The summed E-state index contributed by atoms with van der Waals surface area (Å²) in [6.45, 7) is 10.7. The quantitative estimate of drug-likeness (QED) is 0.421. The lowest BCUT2D eigenvalue weighted by molar-refractivity contribution is -0.118. The van der Waals surface area contributed by atoms with Gasteiger partial charge < -0.3 is 5.11 Å². The minimum Gasteiger partial charge on any atom is -0.386 e. The molecule has 6 nitrogen and oxygen atoms in total. The minimum atomic E-state index is -4.27. The van der Waals surface area contributed by atoms with Crippen LogP contribution in [0.25, 0.3) is 11.1 Å². The van der Waals surface area contributed by atoms with Crippen LogP contribution in [-0.2, 0) is 26.8 Å². The van der Waals surface area contributed by atoms with Gasteiger partial charge in [0.1, 0.15) is 5.82 Å². The predicted octanol–water partition coefficient (Wildman–Crippen LogP) is 5.41.